The SMILES string of the molecule is CCOP(=O)(OCCOC)OCCOC. The van der Waals surface area contributed by atoms with E-state index >= 15 is 0 Å². The summed E-state index contributed by atoms with van der Waals surface area (Å²) in [6, 6.07) is 0. The van der Waals surface area contributed by atoms with Gasteiger partial charge in [0, 0.05) is 14.2 Å². The zero-order valence-electron chi connectivity index (χ0n) is 9.43. The van der Waals surface area contributed by atoms with Crippen LogP contribution in [0.2, 0.25) is 0 Å². The maximum absolute atomic E-state index is 11.8. The van der Waals surface area contributed by atoms with E-state index in [9.17, 15) is 4.57 Å². The highest BCUT2D eigenvalue weighted by molar-refractivity contribution is 7.48. The molecule has 0 aliphatic rings. The van der Waals surface area contributed by atoms with E-state index in [1.165, 1.54) is 14.2 Å². The normalized spacial score (nSPS) is 11.9. The molecule has 0 amide bonds. The fourth-order valence-corrected chi connectivity index (χ4v) is 1.87. The standard InChI is InChI=1S/C8H19O6P/c1-4-12-15(9,13-7-5-10-2)14-8-6-11-3/h4-8H2,1-3H3. The largest absolute Gasteiger partial charge is 0.474 e. The third kappa shape index (κ3) is 7.90. The van der Waals surface area contributed by atoms with E-state index < -0.39 is 7.82 Å². The maximum atomic E-state index is 11.8. The highest BCUT2D eigenvalue weighted by Crippen LogP contribution is 2.48. The van der Waals surface area contributed by atoms with Gasteiger partial charge in [0.1, 0.15) is 0 Å². The molecule has 0 aliphatic carbocycles. The van der Waals surface area contributed by atoms with E-state index in [1.54, 1.807) is 6.92 Å². The first-order valence-corrected chi connectivity index (χ1v) is 6.16. The Labute approximate surface area is 90.4 Å². The molecule has 0 aromatic carbocycles. The van der Waals surface area contributed by atoms with Crippen molar-refractivity contribution in [2.24, 2.45) is 0 Å². The summed E-state index contributed by atoms with van der Waals surface area (Å²) >= 11 is 0. The van der Waals surface area contributed by atoms with Crippen molar-refractivity contribution in [2.75, 3.05) is 47.3 Å². The minimum Gasteiger partial charge on any atom is -0.382 e. The first-order chi connectivity index (χ1) is 7.18. The summed E-state index contributed by atoms with van der Waals surface area (Å²) in [5.74, 6) is 0. The van der Waals surface area contributed by atoms with Crippen molar-refractivity contribution in [3.8, 4) is 0 Å². The molecule has 6 nitrogen and oxygen atoms in total. The molecule has 0 N–H and O–H groups in total. The van der Waals surface area contributed by atoms with Crippen molar-refractivity contribution < 1.29 is 27.6 Å². The first kappa shape index (κ1) is 15.0. The number of rotatable bonds is 10. The van der Waals surface area contributed by atoms with E-state index in [1.807, 2.05) is 0 Å². The predicted molar refractivity (Wildman–Crippen MR) is 54.9 cm³/mol. The van der Waals surface area contributed by atoms with E-state index in [2.05, 4.69) is 0 Å². The summed E-state index contributed by atoms with van der Waals surface area (Å²) < 4.78 is 36.2. The molecule has 0 fully saturated rings. The Hall–Kier alpha value is 0.0300. The van der Waals surface area contributed by atoms with Crippen LogP contribution in [0.15, 0.2) is 0 Å². The van der Waals surface area contributed by atoms with Gasteiger partial charge in [-0.3, -0.25) is 13.6 Å². The van der Waals surface area contributed by atoms with Crippen molar-refractivity contribution >= 4 is 7.82 Å². The van der Waals surface area contributed by atoms with Crippen molar-refractivity contribution in [1.82, 2.24) is 0 Å². The van der Waals surface area contributed by atoms with E-state index in [4.69, 9.17) is 23.0 Å². The number of ether oxygens (including phenoxy) is 2. The van der Waals surface area contributed by atoms with Gasteiger partial charge < -0.3 is 9.47 Å². The van der Waals surface area contributed by atoms with Crippen molar-refractivity contribution in [2.45, 2.75) is 6.92 Å². The van der Waals surface area contributed by atoms with Gasteiger partial charge in [0.15, 0.2) is 0 Å². The Morgan fingerprint density at radius 3 is 1.67 bits per heavy atom. The van der Waals surface area contributed by atoms with Crippen molar-refractivity contribution in [1.29, 1.82) is 0 Å². The van der Waals surface area contributed by atoms with Gasteiger partial charge in [0.25, 0.3) is 0 Å². The zero-order chi connectivity index (χ0) is 11.6. The lowest BCUT2D eigenvalue weighted by atomic mass is 10.8. The third-order valence-corrected chi connectivity index (χ3v) is 2.93. The summed E-state index contributed by atoms with van der Waals surface area (Å²) in [5, 5.41) is 0. The van der Waals surface area contributed by atoms with Gasteiger partial charge in [0.2, 0.25) is 0 Å². The molecule has 15 heavy (non-hydrogen) atoms. The van der Waals surface area contributed by atoms with Crippen LogP contribution in [0.25, 0.3) is 0 Å². The minimum atomic E-state index is -3.44. The van der Waals surface area contributed by atoms with Crippen LogP contribution in [0.5, 0.6) is 0 Å². The van der Waals surface area contributed by atoms with Crippen LogP contribution in [0, 0.1) is 0 Å². The monoisotopic (exact) mass is 242 g/mol. The van der Waals surface area contributed by atoms with E-state index in [-0.39, 0.29) is 19.8 Å². The molecule has 0 spiro atoms. The average molecular weight is 242 g/mol. The van der Waals surface area contributed by atoms with Crippen LogP contribution in [-0.4, -0.2) is 47.3 Å². The van der Waals surface area contributed by atoms with Crippen LogP contribution >= 0.6 is 7.82 Å². The minimum absolute atomic E-state index is 0.167. The zero-order valence-corrected chi connectivity index (χ0v) is 10.3. The van der Waals surface area contributed by atoms with Crippen LogP contribution in [0.3, 0.4) is 0 Å². The van der Waals surface area contributed by atoms with Crippen LogP contribution in [0.1, 0.15) is 6.92 Å². The molecule has 0 saturated carbocycles. The average Bonchev–Trinajstić information content (AvgIpc) is 2.19. The lowest BCUT2D eigenvalue weighted by Gasteiger charge is -2.16. The van der Waals surface area contributed by atoms with E-state index in [0.717, 1.165) is 0 Å². The Morgan fingerprint density at radius 1 is 0.867 bits per heavy atom. The van der Waals surface area contributed by atoms with Crippen molar-refractivity contribution in [3.63, 3.8) is 0 Å². The van der Waals surface area contributed by atoms with Crippen LogP contribution in [-0.2, 0) is 27.6 Å². The summed E-state index contributed by atoms with van der Waals surface area (Å²) in [6.45, 7) is 2.99. The number of phosphoric ester groups is 1. The molecule has 0 atom stereocenters. The van der Waals surface area contributed by atoms with Crippen LogP contribution < -0.4 is 0 Å². The number of phosphoric acid groups is 1. The Bertz CT molecular complexity index is 172. The van der Waals surface area contributed by atoms with Gasteiger partial charge in [-0.1, -0.05) is 0 Å². The Balaban J connectivity index is 3.89. The Morgan fingerprint density at radius 2 is 1.33 bits per heavy atom. The molecule has 0 aromatic heterocycles. The summed E-state index contributed by atoms with van der Waals surface area (Å²) in [6.07, 6.45) is 0. The molecule has 0 aliphatic heterocycles. The number of hydrogen-bond donors (Lipinski definition) is 0. The lowest BCUT2D eigenvalue weighted by Crippen LogP contribution is -2.08. The molecular weight excluding hydrogens is 223 g/mol. The molecule has 0 heterocycles. The summed E-state index contributed by atoms with van der Waals surface area (Å²) in [4.78, 5) is 0. The fraction of sp³-hybridized carbons (Fsp3) is 1.00. The molecule has 0 rings (SSSR count). The molecule has 0 aromatic rings. The number of methoxy groups -OCH3 is 2. The fourth-order valence-electron chi connectivity index (χ4n) is 0.735. The van der Waals surface area contributed by atoms with Gasteiger partial charge in [-0.15, -0.1) is 0 Å². The van der Waals surface area contributed by atoms with Gasteiger partial charge in [-0.25, -0.2) is 4.57 Å². The van der Waals surface area contributed by atoms with Gasteiger partial charge in [-0.2, -0.15) is 0 Å². The summed E-state index contributed by atoms with van der Waals surface area (Å²) in [5.41, 5.74) is 0. The second-order valence-corrected chi connectivity index (χ2v) is 4.19. The first-order valence-electron chi connectivity index (χ1n) is 4.70. The highest BCUT2D eigenvalue weighted by Gasteiger charge is 2.25. The topological polar surface area (TPSA) is 63.2 Å². The molecule has 7 heteroatoms. The van der Waals surface area contributed by atoms with Crippen molar-refractivity contribution in [3.05, 3.63) is 0 Å². The Kier molecular flexibility index (Phi) is 9.29. The second-order valence-electron chi connectivity index (χ2n) is 2.52. The van der Waals surface area contributed by atoms with Gasteiger partial charge >= 0.3 is 7.82 Å². The molecule has 92 valence electrons. The second kappa shape index (κ2) is 9.27. The number of hydrogen-bond acceptors (Lipinski definition) is 6. The smallest absolute Gasteiger partial charge is 0.382 e. The third-order valence-electron chi connectivity index (χ3n) is 1.36. The molecule has 0 unspecified atom stereocenters. The quantitative estimate of drug-likeness (QED) is 0.427. The van der Waals surface area contributed by atoms with Gasteiger partial charge in [-0.05, 0) is 6.92 Å². The van der Waals surface area contributed by atoms with Crippen LogP contribution in [0.4, 0.5) is 0 Å². The highest BCUT2D eigenvalue weighted by atomic mass is 31.2. The molecular formula is C8H19O6P. The summed E-state index contributed by atoms with van der Waals surface area (Å²) in [7, 11) is -0.382. The predicted octanol–water partition coefficient (Wildman–Crippen LogP) is 1.46. The molecule has 0 saturated heterocycles. The van der Waals surface area contributed by atoms with Gasteiger partial charge in [0.05, 0.1) is 33.0 Å². The molecule has 0 radical (unpaired) electrons. The van der Waals surface area contributed by atoms with E-state index in [0.29, 0.717) is 13.2 Å². The lowest BCUT2D eigenvalue weighted by molar-refractivity contribution is 0.0685. The maximum Gasteiger partial charge on any atom is 0.474 e. The molecule has 0 bridgehead atoms.